The van der Waals surface area contributed by atoms with Gasteiger partial charge >= 0.3 is 0 Å². The van der Waals surface area contributed by atoms with E-state index in [9.17, 15) is 9.18 Å². The summed E-state index contributed by atoms with van der Waals surface area (Å²) in [5, 5.41) is 0. The molecule has 0 atom stereocenters. The number of aromatic nitrogens is 2. The van der Waals surface area contributed by atoms with Crippen molar-refractivity contribution in [2.75, 3.05) is 0 Å². The van der Waals surface area contributed by atoms with Crippen molar-refractivity contribution < 1.29 is 9.18 Å². The molecule has 0 amide bonds. The second-order valence-electron chi connectivity index (χ2n) is 5.28. The highest BCUT2D eigenvalue weighted by Crippen LogP contribution is 2.22. The van der Waals surface area contributed by atoms with Crippen molar-refractivity contribution >= 4 is 5.78 Å². The largest absolute Gasteiger partial charge is 0.324 e. The molecule has 3 rings (SSSR count). The average molecular weight is 272 g/mol. The monoisotopic (exact) mass is 272 g/mol. The Morgan fingerprint density at radius 3 is 2.95 bits per heavy atom. The molecular formula is C16H17FN2O. The molecule has 0 bridgehead atoms. The maximum Gasteiger partial charge on any atom is 0.182 e. The number of aryl methyl sites for hydroxylation is 2. The molecule has 1 aliphatic rings. The first-order chi connectivity index (χ1) is 9.65. The maximum absolute atomic E-state index is 13.2. The van der Waals surface area contributed by atoms with Crippen molar-refractivity contribution in [3.05, 3.63) is 52.9 Å². The predicted octanol–water partition coefficient (Wildman–Crippen LogP) is 3.09. The lowest BCUT2D eigenvalue weighted by Crippen LogP contribution is -2.16. The molecule has 0 saturated heterocycles. The Morgan fingerprint density at radius 2 is 2.15 bits per heavy atom. The van der Waals surface area contributed by atoms with Crippen LogP contribution in [0.2, 0.25) is 0 Å². The summed E-state index contributed by atoms with van der Waals surface area (Å²) in [5.74, 6) is 0.431. The molecule has 1 heterocycles. The summed E-state index contributed by atoms with van der Waals surface area (Å²) in [5.41, 5.74) is 2.72. The first-order valence-corrected chi connectivity index (χ1v) is 6.99. The van der Waals surface area contributed by atoms with E-state index < -0.39 is 0 Å². The number of hydrogen-bond acceptors (Lipinski definition) is 2. The first kappa shape index (κ1) is 13.0. The second kappa shape index (κ2) is 5.19. The number of fused-ring (bicyclic) bond motifs is 1. The lowest BCUT2D eigenvalue weighted by molar-refractivity contribution is 0.0969. The summed E-state index contributed by atoms with van der Waals surface area (Å²) in [6.45, 7) is 2.18. The highest BCUT2D eigenvalue weighted by molar-refractivity contribution is 5.96. The van der Waals surface area contributed by atoms with Gasteiger partial charge in [0.05, 0.1) is 12.2 Å². The highest BCUT2D eigenvalue weighted by atomic mass is 19.1. The Hall–Kier alpha value is -1.97. The van der Waals surface area contributed by atoms with Crippen LogP contribution in [0.25, 0.3) is 0 Å². The van der Waals surface area contributed by atoms with Crippen LogP contribution in [0.5, 0.6) is 0 Å². The van der Waals surface area contributed by atoms with Crippen LogP contribution in [0.15, 0.2) is 24.3 Å². The van der Waals surface area contributed by atoms with Gasteiger partial charge in [0.25, 0.3) is 0 Å². The van der Waals surface area contributed by atoms with Crippen molar-refractivity contribution in [1.82, 2.24) is 9.55 Å². The van der Waals surface area contributed by atoms with E-state index in [1.165, 1.54) is 24.2 Å². The fraction of sp³-hybridized carbons (Fsp3) is 0.375. The van der Waals surface area contributed by atoms with E-state index in [0.29, 0.717) is 5.56 Å². The zero-order valence-electron chi connectivity index (χ0n) is 11.5. The number of benzene rings is 1. The average Bonchev–Trinajstić information content (AvgIpc) is 2.75. The lowest BCUT2D eigenvalue weighted by Gasteiger charge is -2.14. The minimum atomic E-state index is -0.375. The number of hydrogen-bond donors (Lipinski definition) is 0. The van der Waals surface area contributed by atoms with E-state index in [0.717, 1.165) is 30.8 Å². The predicted molar refractivity (Wildman–Crippen MR) is 74.3 cm³/mol. The van der Waals surface area contributed by atoms with E-state index in [1.807, 2.05) is 11.5 Å². The van der Waals surface area contributed by atoms with Crippen molar-refractivity contribution in [3.8, 4) is 0 Å². The number of nitrogens with zero attached hydrogens (tertiary/aromatic N) is 2. The minimum Gasteiger partial charge on any atom is -0.324 e. The fourth-order valence-electron chi connectivity index (χ4n) is 2.84. The summed E-state index contributed by atoms with van der Waals surface area (Å²) in [7, 11) is 0. The summed E-state index contributed by atoms with van der Waals surface area (Å²) in [4.78, 5) is 16.8. The molecule has 1 aromatic carbocycles. The SMILES string of the molecule is Cc1nc2c(n1CC(=O)c1cccc(F)c1)CCCC2. The fourth-order valence-corrected chi connectivity index (χ4v) is 2.84. The molecule has 104 valence electrons. The molecule has 0 radical (unpaired) electrons. The van der Waals surface area contributed by atoms with E-state index in [-0.39, 0.29) is 18.1 Å². The van der Waals surface area contributed by atoms with E-state index in [1.54, 1.807) is 12.1 Å². The molecule has 2 aromatic rings. The summed E-state index contributed by atoms with van der Waals surface area (Å²) in [6, 6.07) is 5.87. The first-order valence-electron chi connectivity index (χ1n) is 6.99. The van der Waals surface area contributed by atoms with Gasteiger partial charge in [-0.3, -0.25) is 4.79 Å². The number of rotatable bonds is 3. The minimum absolute atomic E-state index is 0.0710. The van der Waals surface area contributed by atoms with Crippen molar-refractivity contribution in [3.63, 3.8) is 0 Å². The maximum atomic E-state index is 13.2. The Kier molecular flexibility index (Phi) is 3.38. The normalized spacial score (nSPS) is 14.1. The molecule has 0 spiro atoms. The number of carbonyl (C=O) groups is 1. The van der Waals surface area contributed by atoms with Crippen LogP contribution >= 0.6 is 0 Å². The lowest BCUT2D eigenvalue weighted by atomic mass is 10.0. The van der Waals surface area contributed by atoms with Crippen LogP contribution in [0.1, 0.15) is 40.4 Å². The van der Waals surface area contributed by atoms with Crippen LogP contribution in [-0.4, -0.2) is 15.3 Å². The zero-order chi connectivity index (χ0) is 14.1. The topological polar surface area (TPSA) is 34.9 Å². The van der Waals surface area contributed by atoms with Gasteiger partial charge in [0, 0.05) is 11.3 Å². The van der Waals surface area contributed by atoms with Crippen LogP contribution in [0.3, 0.4) is 0 Å². The number of Topliss-reactive ketones (excluding diaryl/α,β-unsaturated/α-hetero) is 1. The quantitative estimate of drug-likeness (QED) is 0.805. The van der Waals surface area contributed by atoms with E-state index in [4.69, 9.17) is 0 Å². The van der Waals surface area contributed by atoms with Crippen LogP contribution in [0.4, 0.5) is 4.39 Å². The Morgan fingerprint density at radius 1 is 1.35 bits per heavy atom. The number of halogens is 1. The van der Waals surface area contributed by atoms with Gasteiger partial charge in [0.15, 0.2) is 5.78 Å². The molecule has 3 nitrogen and oxygen atoms in total. The van der Waals surface area contributed by atoms with E-state index in [2.05, 4.69) is 4.98 Å². The smallest absolute Gasteiger partial charge is 0.182 e. The summed E-state index contributed by atoms with van der Waals surface area (Å²) >= 11 is 0. The van der Waals surface area contributed by atoms with Gasteiger partial charge < -0.3 is 4.57 Å². The molecule has 20 heavy (non-hydrogen) atoms. The molecular weight excluding hydrogens is 255 g/mol. The Bertz CT molecular complexity index is 660. The molecule has 0 fully saturated rings. The molecule has 4 heteroatoms. The number of imidazole rings is 1. The molecule has 0 aliphatic heterocycles. The third-order valence-electron chi connectivity index (χ3n) is 3.87. The molecule has 1 aliphatic carbocycles. The molecule has 0 unspecified atom stereocenters. The number of ketones is 1. The molecule has 0 N–H and O–H groups in total. The van der Waals surface area contributed by atoms with Gasteiger partial charge in [-0.25, -0.2) is 9.37 Å². The van der Waals surface area contributed by atoms with Gasteiger partial charge in [-0.05, 0) is 44.7 Å². The Labute approximate surface area is 117 Å². The van der Waals surface area contributed by atoms with Gasteiger partial charge in [0.2, 0.25) is 0 Å². The van der Waals surface area contributed by atoms with Gasteiger partial charge in [-0.2, -0.15) is 0 Å². The van der Waals surface area contributed by atoms with Gasteiger partial charge in [-0.15, -0.1) is 0 Å². The molecule has 0 saturated carbocycles. The van der Waals surface area contributed by atoms with Crippen LogP contribution in [-0.2, 0) is 19.4 Å². The van der Waals surface area contributed by atoms with Crippen LogP contribution in [0, 0.1) is 12.7 Å². The second-order valence-corrected chi connectivity index (χ2v) is 5.28. The zero-order valence-corrected chi connectivity index (χ0v) is 11.5. The van der Waals surface area contributed by atoms with Crippen molar-refractivity contribution in [2.24, 2.45) is 0 Å². The third-order valence-corrected chi connectivity index (χ3v) is 3.87. The molecule has 1 aromatic heterocycles. The van der Waals surface area contributed by atoms with Gasteiger partial charge in [0.1, 0.15) is 11.6 Å². The summed E-state index contributed by atoms with van der Waals surface area (Å²) < 4.78 is 15.2. The number of carbonyl (C=O) groups excluding carboxylic acids is 1. The van der Waals surface area contributed by atoms with E-state index >= 15 is 0 Å². The van der Waals surface area contributed by atoms with Crippen LogP contribution < -0.4 is 0 Å². The van der Waals surface area contributed by atoms with Gasteiger partial charge in [-0.1, -0.05) is 12.1 Å². The highest BCUT2D eigenvalue weighted by Gasteiger charge is 2.20. The standard InChI is InChI=1S/C16H17FN2O/c1-11-18-14-7-2-3-8-15(14)19(11)10-16(20)12-5-4-6-13(17)9-12/h4-6,9H,2-3,7-8,10H2,1H3. The Balaban J connectivity index is 1.88. The summed E-state index contributed by atoms with van der Waals surface area (Å²) in [6.07, 6.45) is 4.29. The third kappa shape index (κ3) is 2.38. The van der Waals surface area contributed by atoms with Crippen molar-refractivity contribution in [1.29, 1.82) is 0 Å². The van der Waals surface area contributed by atoms with Crippen molar-refractivity contribution in [2.45, 2.75) is 39.2 Å².